The average molecular weight is 2190 g/mol. The Hall–Kier alpha value is -8.38. The molecule has 0 aromatic heterocycles. The first-order chi connectivity index (χ1) is 72.1. The Morgan fingerprint density at radius 3 is 0.947 bits per heavy atom. The van der Waals surface area contributed by atoms with Gasteiger partial charge in [0.25, 0.3) is 0 Å². The second-order valence-corrected chi connectivity index (χ2v) is 42.6. The Balaban J connectivity index is 0.000000183. The number of carboxylic acid groups (broad SMARTS) is 2. The highest BCUT2D eigenvalue weighted by Gasteiger charge is 2.41. The number of carbonyl (C=O) groups excluding carboxylic acids is 12. The molecule has 18 fully saturated rings. The number of rotatable bonds is 20. The SMILES string of the molecule is C1C[C@@H]2CNCCN2C1.C1C[C@H]2CNCCN2C1.CN1CCCC1C(=O)O.CN1CCCC1C(=O)O.COC(=O)CNC(=O)[C@@H]1CCCN1.COC(=O)CNC(=O)[C@@H]1CCCN1C.COC(=O)CNC(=O)[C@H]1CCCN1.COC(=O)CNC(=O)[C@H]1CCCN1C.Clc1ccc(CCN2CCN3CCC[C@@H]3C2)cc1Cl.Clc1ccc(CCN2CCN3CCC[C@H]3C2)cc1Cl.O=C1NCC(=O)N2CCC[C@@H]12.O=C1NCC(=O)N2CCC[C@H]12. The summed E-state index contributed by atoms with van der Waals surface area (Å²) in [4.78, 5) is 181. The lowest BCUT2D eigenvalue weighted by atomic mass is 10.1. The van der Waals surface area contributed by atoms with E-state index < -0.39 is 35.8 Å². The lowest BCUT2D eigenvalue weighted by molar-refractivity contribution is -0.143. The Kier molecular flexibility index (Phi) is 56.2. The summed E-state index contributed by atoms with van der Waals surface area (Å²) in [6.07, 6.45) is 28.1. The van der Waals surface area contributed by atoms with Crippen LogP contribution in [0.3, 0.4) is 0 Å². The molecular formula is C104H170Cl4N22O20. The summed E-state index contributed by atoms with van der Waals surface area (Å²) in [7, 11) is 12.7. The molecular weight excluding hydrogens is 2020 g/mol. The van der Waals surface area contributed by atoms with Crippen molar-refractivity contribution in [1.82, 2.24) is 112 Å². The van der Waals surface area contributed by atoms with Crippen molar-refractivity contribution in [2.45, 2.75) is 239 Å². The number of amides is 8. The Labute approximate surface area is 905 Å². The molecule has 2 aromatic carbocycles. The molecule has 2 unspecified atom stereocenters. The van der Waals surface area contributed by atoms with Gasteiger partial charge in [0.2, 0.25) is 47.3 Å². The number of piperazine rings is 6. The van der Waals surface area contributed by atoms with Crippen LogP contribution in [0.25, 0.3) is 0 Å². The van der Waals surface area contributed by atoms with Gasteiger partial charge in [-0.15, -0.1) is 0 Å². The third-order valence-electron chi connectivity index (χ3n) is 30.8. The molecule has 12 N–H and O–H groups in total. The first-order valence-corrected chi connectivity index (χ1v) is 55.6. The van der Waals surface area contributed by atoms with Gasteiger partial charge in [-0.1, -0.05) is 58.5 Å². The second kappa shape index (κ2) is 67.4. The molecule has 18 heterocycles. The number of carboxylic acids is 2. The molecule has 20 rings (SSSR count). The van der Waals surface area contributed by atoms with Crippen molar-refractivity contribution in [2.24, 2.45) is 0 Å². The molecule has 18 saturated heterocycles. The van der Waals surface area contributed by atoms with Gasteiger partial charge in [-0.2, -0.15) is 0 Å². The van der Waals surface area contributed by atoms with Crippen molar-refractivity contribution in [3.8, 4) is 0 Å². The molecule has 0 radical (unpaired) electrons. The number of nitrogens with one attached hydrogen (secondary N) is 10. The third kappa shape index (κ3) is 42.4. The summed E-state index contributed by atoms with van der Waals surface area (Å²) in [5, 5.41) is 47.8. The van der Waals surface area contributed by atoms with E-state index in [1.165, 1.54) is 196 Å². The third-order valence-corrected chi connectivity index (χ3v) is 32.3. The number of hydrogen-bond acceptors (Lipinski definition) is 32. The monoisotopic (exact) mass is 2190 g/mol. The van der Waals surface area contributed by atoms with Gasteiger partial charge < -0.3 is 102 Å². The predicted octanol–water partition coefficient (Wildman–Crippen LogP) is 2.08. The average Bonchev–Trinajstić information content (AvgIpc) is 1.67. The standard InChI is InChI=1S/2C15H20Cl2N2.2C9H16N2O3.2C8H14N2O3.2C7H10N2O2.2C7H14N2.2C6H11NO2/c2*16-14-4-3-12(10-15(14)17)5-7-18-8-9-19-6-1-2-13(19)11-18;2*1-11-5-3-4-7(11)9(13)10-6-8(12)14-2;2*1-13-7(11)5-10-8(12)6-3-2-4-9-6;2*10-6-4-8-7(11)5-2-1-3-9(5)6;2*1-2-7-6-8-3-5-9(7)4-1;2*1-7-4-2-3-5(7)6(8)9/h2*3-4,10,13H,1-2,5-9,11H2;2*7H,3-6H2,1-2H3,(H,10,13);2*6,9H,2-5H2,1H3,(H,10,12);2*5H,1-4H2,(H,8,11);2*7-8H,1-6H2;2*5H,2-4H2,1H3,(H,8,9)/t2*13-;2*7-;2*6-;2*5-;2*7-;;/m1010101010../s1. The van der Waals surface area contributed by atoms with Crippen LogP contribution in [0.2, 0.25) is 20.1 Å². The fraction of sp³-hybridized carbons (Fsp3) is 0.750. The number of halogens is 4. The van der Waals surface area contributed by atoms with Crippen molar-refractivity contribution in [2.75, 3.05) is 266 Å². The zero-order valence-electron chi connectivity index (χ0n) is 89.5. The molecule has 150 heavy (non-hydrogen) atoms. The maximum Gasteiger partial charge on any atom is 0.325 e. The van der Waals surface area contributed by atoms with Crippen molar-refractivity contribution in [1.29, 1.82) is 0 Å². The molecule has 844 valence electrons. The summed E-state index contributed by atoms with van der Waals surface area (Å²) in [6.45, 7) is 29.6. The number of fused-ring (bicyclic) bond motifs is 6. The highest BCUT2D eigenvalue weighted by atomic mass is 35.5. The molecule has 42 nitrogen and oxygen atoms in total. The lowest BCUT2D eigenvalue weighted by Crippen LogP contribution is -2.55. The van der Waals surface area contributed by atoms with Crippen LogP contribution in [0.15, 0.2) is 36.4 Å². The van der Waals surface area contributed by atoms with Crippen molar-refractivity contribution < 1.29 is 96.3 Å². The maximum absolute atomic E-state index is 11.5. The summed E-state index contributed by atoms with van der Waals surface area (Å²) in [6, 6.07) is 14.2. The molecule has 8 amide bonds. The Morgan fingerprint density at radius 1 is 0.347 bits per heavy atom. The highest BCUT2D eigenvalue weighted by Crippen LogP contribution is 2.30. The molecule has 0 aliphatic carbocycles. The van der Waals surface area contributed by atoms with E-state index in [2.05, 4.69) is 114 Å². The predicted molar refractivity (Wildman–Crippen MR) is 573 cm³/mol. The van der Waals surface area contributed by atoms with Crippen LogP contribution in [0.1, 0.15) is 165 Å². The largest absolute Gasteiger partial charge is 0.480 e. The number of carbonyl (C=O) groups is 14. The Morgan fingerprint density at radius 2 is 0.660 bits per heavy atom. The number of likely N-dealkylation sites (N-methyl/N-ethyl adjacent to an activating group) is 4. The second-order valence-electron chi connectivity index (χ2n) is 41.0. The van der Waals surface area contributed by atoms with Gasteiger partial charge >= 0.3 is 35.8 Å². The first kappa shape index (κ1) is 125. The fourth-order valence-electron chi connectivity index (χ4n) is 21.9. The number of methoxy groups -OCH3 is 4. The molecule has 18 aliphatic rings. The Bertz CT molecular complexity index is 4250. The van der Waals surface area contributed by atoms with Gasteiger partial charge in [0.05, 0.1) is 85.8 Å². The normalized spacial score (nSPS) is 26.3. The van der Waals surface area contributed by atoms with Crippen LogP contribution in [0.4, 0.5) is 0 Å². The van der Waals surface area contributed by atoms with E-state index in [9.17, 15) is 67.1 Å². The van der Waals surface area contributed by atoms with E-state index >= 15 is 0 Å². The van der Waals surface area contributed by atoms with Crippen molar-refractivity contribution >= 4 is 129 Å². The number of hydrogen-bond donors (Lipinski definition) is 12. The fourth-order valence-corrected chi connectivity index (χ4v) is 22.5. The van der Waals surface area contributed by atoms with E-state index in [4.69, 9.17) is 56.6 Å². The number of likely N-dealkylation sites (tertiary alicyclic amines) is 4. The molecule has 0 saturated carbocycles. The number of ether oxygens (including phenoxy) is 4. The van der Waals surface area contributed by atoms with Crippen LogP contribution in [0, 0.1) is 0 Å². The maximum atomic E-state index is 11.5. The quantitative estimate of drug-likeness (QED) is 0.0667. The number of benzene rings is 2. The van der Waals surface area contributed by atoms with Gasteiger partial charge in [0, 0.05) is 129 Å². The highest BCUT2D eigenvalue weighted by molar-refractivity contribution is 6.42. The van der Waals surface area contributed by atoms with Gasteiger partial charge in [-0.05, 0) is 296 Å². The zero-order valence-corrected chi connectivity index (χ0v) is 92.5. The van der Waals surface area contributed by atoms with Crippen LogP contribution in [-0.2, 0) is 98.9 Å². The first-order valence-electron chi connectivity index (χ1n) is 54.1. The van der Waals surface area contributed by atoms with Crippen LogP contribution in [-0.4, -0.2) is 491 Å². The summed E-state index contributed by atoms with van der Waals surface area (Å²) >= 11 is 24.0. The number of nitrogens with zero attached hydrogens (tertiary/aromatic N) is 12. The summed E-state index contributed by atoms with van der Waals surface area (Å²) < 4.78 is 17.6. The molecule has 46 heteroatoms. The van der Waals surface area contributed by atoms with E-state index in [0.717, 1.165) is 205 Å². The zero-order chi connectivity index (χ0) is 109. The minimum Gasteiger partial charge on any atom is -0.480 e. The number of esters is 4. The lowest BCUT2D eigenvalue weighted by Gasteiger charge is -2.37. The van der Waals surface area contributed by atoms with Crippen LogP contribution in [0.5, 0.6) is 0 Å². The smallest absolute Gasteiger partial charge is 0.325 e. The van der Waals surface area contributed by atoms with E-state index in [1.807, 2.05) is 72.1 Å². The van der Waals surface area contributed by atoms with E-state index in [0.29, 0.717) is 20.1 Å². The topological polar surface area (TPSA) is 476 Å². The molecule has 2 aromatic rings. The van der Waals surface area contributed by atoms with Gasteiger partial charge in [-0.25, -0.2) is 0 Å². The number of aliphatic carboxylic acids is 2. The summed E-state index contributed by atoms with van der Waals surface area (Å²) in [5.74, 6) is -3.32. The van der Waals surface area contributed by atoms with Crippen molar-refractivity contribution in [3.05, 3.63) is 67.6 Å². The van der Waals surface area contributed by atoms with Gasteiger partial charge in [-0.3, -0.25) is 106 Å². The molecule has 12 atom stereocenters. The minimum atomic E-state index is -0.685. The van der Waals surface area contributed by atoms with Crippen LogP contribution < -0.4 is 53.2 Å². The molecule has 0 spiro atoms. The summed E-state index contributed by atoms with van der Waals surface area (Å²) in [5.41, 5.74) is 2.56. The van der Waals surface area contributed by atoms with Gasteiger partial charge in [0.15, 0.2) is 0 Å². The van der Waals surface area contributed by atoms with Gasteiger partial charge in [0.1, 0.15) is 50.3 Å². The minimum absolute atomic E-state index is 0.0158. The van der Waals surface area contributed by atoms with E-state index in [1.54, 1.807) is 9.80 Å². The van der Waals surface area contributed by atoms with Crippen molar-refractivity contribution in [3.63, 3.8) is 0 Å². The molecule has 18 aliphatic heterocycles. The van der Waals surface area contributed by atoms with Crippen LogP contribution >= 0.6 is 46.4 Å². The van der Waals surface area contributed by atoms with E-state index in [-0.39, 0.29) is 135 Å². The molecule has 0 bridgehead atoms.